The molecule has 0 bridgehead atoms. The van der Waals surface area contributed by atoms with Crippen LogP contribution in [0.25, 0.3) is 11.3 Å². The average molecular weight is 410 g/mol. The fourth-order valence-corrected chi connectivity index (χ4v) is 3.19. The van der Waals surface area contributed by atoms with E-state index < -0.39 is 0 Å². The van der Waals surface area contributed by atoms with Gasteiger partial charge in [-0.05, 0) is 74.5 Å². The van der Waals surface area contributed by atoms with Gasteiger partial charge in [-0.1, -0.05) is 11.8 Å². The summed E-state index contributed by atoms with van der Waals surface area (Å²) >= 11 is 1.34. The lowest BCUT2D eigenvalue weighted by molar-refractivity contribution is -0.113. The van der Waals surface area contributed by atoms with Crippen molar-refractivity contribution in [3.05, 3.63) is 60.7 Å². The van der Waals surface area contributed by atoms with Crippen LogP contribution in [0.2, 0.25) is 0 Å². The third kappa shape index (κ3) is 6.22. The van der Waals surface area contributed by atoms with Gasteiger partial charge in [0.15, 0.2) is 0 Å². The van der Waals surface area contributed by atoms with E-state index in [4.69, 9.17) is 9.47 Å². The van der Waals surface area contributed by atoms with E-state index >= 15 is 0 Å². The van der Waals surface area contributed by atoms with Gasteiger partial charge in [0.25, 0.3) is 0 Å². The monoisotopic (exact) mass is 409 g/mol. The van der Waals surface area contributed by atoms with E-state index in [0.717, 1.165) is 28.4 Å². The number of benzene rings is 2. The predicted molar refractivity (Wildman–Crippen MR) is 116 cm³/mol. The number of thioether (sulfide) groups is 1. The van der Waals surface area contributed by atoms with Crippen LogP contribution in [0.4, 0.5) is 5.69 Å². The molecule has 0 atom stereocenters. The Kier molecular flexibility index (Phi) is 7.47. The summed E-state index contributed by atoms with van der Waals surface area (Å²) in [6, 6.07) is 18.8. The Balaban J connectivity index is 1.51. The number of carbonyl (C=O) groups is 1. The van der Waals surface area contributed by atoms with Crippen molar-refractivity contribution in [1.29, 1.82) is 0 Å². The molecule has 0 aliphatic heterocycles. The second kappa shape index (κ2) is 10.5. The summed E-state index contributed by atoms with van der Waals surface area (Å²) in [5, 5.41) is 12.0. The van der Waals surface area contributed by atoms with E-state index in [1.807, 2.05) is 74.5 Å². The summed E-state index contributed by atoms with van der Waals surface area (Å²) in [5.74, 6) is 1.76. The molecule has 3 rings (SSSR count). The van der Waals surface area contributed by atoms with Crippen molar-refractivity contribution >= 4 is 23.4 Å². The van der Waals surface area contributed by atoms with Crippen LogP contribution < -0.4 is 14.8 Å². The van der Waals surface area contributed by atoms with Gasteiger partial charge in [0, 0.05) is 11.3 Å². The largest absolute Gasteiger partial charge is 0.494 e. The van der Waals surface area contributed by atoms with E-state index in [9.17, 15) is 4.79 Å². The van der Waals surface area contributed by atoms with E-state index in [0.29, 0.717) is 18.2 Å². The van der Waals surface area contributed by atoms with Gasteiger partial charge >= 0.3 is 0 Å². The minimum absolute atomic E-state index is 0.100. The van der Waals surface area contributed by atoms with Crippen LogP contribution >= 0.6 is 11.8 Å². The molecule has 0 saturated carbocycles. The SMILES string of the molecule is CCOc1ccc(NC(=O)CSc2ccc(-c3ccc(OCC)cc3)nn2)cc1. The molecule has 0 radical (unpaired) electrons. The van der Waals surface area contributed by atoms with Crippen molar-refractivity contribution in [2.45, 2.75) is 18.9 Å². The lowest BCUT2D eigenvalue weighted by Gasteiger charge is -2.07. The topological polar surface area (TPSA) is 73.3 Å². The molecule has 0 aliphatic rings. The van der Waals surface area contributed by atoms with Crippen LogP contribution in [-0.2, 0) is 4.79 Å². The molecule has 2 aromatic carbocycles. The van der Waals surface area contributed by atoms with Gasteiger partial charge in [0.2, 0.25) is 5.91 Å². The third-order valence-corrected chi connectivity index (χ3v) is 4.82. The van der Waals surface area contributed by atoms with Crippen molar-refractivity contribution in [1.82, 2.24) is 10.2 Å². The minimum atomic E-state index is -0.100. The van der Waals surface area contributed by atoms with Crippen LogP contribution in [0.5, 0.6) is 11.5 Å². The smallest absolute Gasteiger partial charge is 0.234 e. The number of aromatic nitrogens is 2. The van der Waals surface area contributed by atoms with Crippen LogP contribution in [-0.4, -0.2) is 35.1 Å². The first-order valence-corrected chi connectivity index (χ1v) is 10.4. The standard InChI is InChI=1S/C22H23N3O3S/c1-3-27-18-9-5-16(6-10-18)20-13-14-22(25-24-20)29-15-21(26)23-17-7-11-19(12-8-17)28-4-2/h5-14H,3-4,15H2,1-2H3,(H,23,26). The molecule has 3 aromatic rings. The number of carbonyl (C=O) groups excluding carboxylic acids is 1. The Morgan fingerprint density at radius 2 is 1.48 bits per heavy atom. The zero-order chi connectivity index (χ0) is 20.5. The van der Waals surface area contributed by atoms with Crippen molar-refractivity contribution in [2.75, 3.05) is 24.3 Å². The number of amides is 1. The molecule has 0 spiro atoms. The highest BCUT2D eigenvalue weighted by molar-refractivity contribution is 7.99. The summed E-state index contributed by atoms with van der Waals surface area (Å²) in [6.07, 6.45) is 0. The Hall–Kier alpha value is -3.06. The molecule has 6 nitrogen and oxygen atoms in total. The number of rotatable bonds is 9. The molecule has 1 heterocycles. The number of nitrogens with zero attached hydrogens (tertiary/aromatic N) is 2. The lowest BCUT2D eigenvalue weighted by Crippen LogP contribution is -2.14. The van der Waals surface area contributed by atoms with Gasteiger partial charge in [0.1, 0.15) is 16.5 Å². The molecule has 1 N–H and O–H groups in total. The number of ether oxygens (including phenoxy) is 2. The van der Waals surface area contributed by atoms with Crippen LogP contribution in [0.3, 0.4) is 0 Å². The third-order valence-electron chi connectivity index (χ3n) is 3.90. The van der Waals surface area contributed by atoms with Gasteiger partial charge in [-0.25, -0.2) is 0 Å². The Bertz CT molecular complexity index is 914. The van der Waals surface area contributed by atoms with Crippen molar-refractivity contribution in [3.8, 4) is 22.8 Å². The van der Waals surface area contributed by atoms with Crippen molar-refractivity contribution in [3.63, 3.8) is 0 Å². The Labute approximate surface area is 174 Å². The first-order chi connectivity index (χ1) is 14.2. The van der Waals surface area contributed by atoms with Crippen molar-refractivity contribution in [2.24, 2.45) is 0 Å². The average Bonchev–Trinajstić information content (AvgIpc) is 2.75. The van der Waals surface area contributed by atoms with E-state index in [-0.39, 0.29) is 11.7 Å². The molecule has 0 unspecified atom stereocenters. The maximum absolute atomic E-state index is 12.1. The molecule has 0 fully saturated rings. The molecule has 150 valence electrons. The Morgan fingerprint density at radius 1 is 0.862 bits per heavy atom. The zero-order valence-electron chi connectivity index (χ0n) is 16.4. The van der Waals surface area contributed by atoms with Gasteiger partial charge in [0.05, 0.1) is 24.7 Å². The summed E-state index contributed by atoms with van der Waals surface area (Å²) < 4.78 is 10.8. The molecular formula is C22H23N3O3S. The fourth-order valence-electron chi connectivity index (χ4n) is 2.58. The number of hydrogen-bond acceptors (Lipinski definition) is 6. The number of anilines is 1. The maximum atomic E-state index is 12.1. The molecule has 0 saturated heterocycles. The van der Waals surface area contributed by atoms with E-state index in [1.165, 1.54) is 11.8 Å². The second-order valence-electron chi connectivity index (χ2n) is 6.01. The highest BCUT2D eigenvalue weighted by Crippen LogP contribution is 2.22. The molecule has 0 aliphatic carbocycles. The lowest BCUT2D eigenvalue weighted by atomic mass is 10.1. The second-order valence-corrected chi connectivity index (χ2v) is 7.00. The Morgan fingerprint density at radius 3 is 2.03 bits per heavy atom. The van der Waals surface area contributed by atoms with Crippen LogP contribution in [0.1, 0.15) is 13.8 Å². The molecule has 1 aromatic heterocycles. The summed E-state index contributed by atoms with van der Waals surface area (Å²) in [6.45, 7) is 5.13. The minimum Gasteiger partial charge on any atom is -0.494 e. The van der Waals surface area contributed by atoms with E-state index in [2.05, 4.69) is 15.5 Å². The molecular weight excluding hydrogens is 386 g/mol. The van der Waals surface area contributed by atoms with E-state index in [1.54, 1.807) is 0 Å². The summed E-state index contributed by atoms with van der Waals surface area (Å²) in [4.78, 5) is 12.1. The summed E-state index contributed by atoms with van der Waals surface area (Å²) in [7, 11) is 0. The fraction of sp³-hybridized carbons (Fsp3) is 0.227. The first-order valence-electron chi connectivity index (χ1n) is 9.40. The van der Waals surface area contributed by atoms with Gasteiger partial charge < -0.3 is 14.8 Å². The van der Waals surface area contributed by atoms with Gasteiger partial charge in [-0.2, -0.15) is 0 Å². The molecule has 1 amide bonds. The normalized spacial score (nSPS) is 10.4. The predicted octanol–water partition coefficient (Wildman–Crippen LogP) is 4.67. The highest BCUT2D eigenvalue weighted by Gasteiger charge is 2.07. The van der Waals surface area contributed by atoms with Crippen LogP contribution in [0, 0.1) is 0 Å². The zero-order valence-corrected chi connectivity index (χ0v) is 17.2. The molecule has 29 heavy (non-hydrogen) atoms. The number of nitrogens with one attached hydrogen (secondary N) is 1. The quantitative estimate of drug-likeness (QED) is 0.518. The highest BCUT2D eigenvalue weighted by atomic mass is 32.2. The van der Waals surface area contributed by atoms with Crippen molar-refractivity contribution < 1.29 is 14.3 Å². The summed E-state index contributed by atoms with van der Waals surface area (Å²) in [5.41, 5.74) is 2.47. The number of hydrogen-bond donors (Lipinski definition) is 1. The maximum Gasteiger partial charge on any atom is 0.234 e. The molecule has 7 heteroatoms. The van der Waals surface area contributed by atoms with Gasteiger partial charge in [-0.3, -0.25) is 4.79 Å². The van der Waals surface area contributed by atoms with Gasteiger partial charge in [-0.15, -0.1) is 10.2 Å². The first kappa shape index (κ1) is 20.7. The van der Waals surface area contributed by atoms with Crippen LogP contribution in [0.15, 0.2) is 65.7 Å².